The molecule has 7 rings (SSSR count). The monoisotopic (exact) mass is 408 g/mol. The molecule has 7 aromatic carbocycles. The van der Waals surface area contributed by atoms with E-state index in [9.17, 15) is 0 Å². The second-order valence-electron chi connectivity index (χ2n) is 8.46. The first kappa shape index (κ1) is 17.6. The van der Waals surface area contributed by atoms with Crippen LogP contribution in [0, 0.1) is 0 Å². The number of rotatable bonds is 1. The maximum atomic E-state index is 5.65. The first-order chi connectivity index (χ1) is 15.8. The van der Waals surface area contributed by atoms with Crippen molar-refractivity contribution in [2.45, 2.75) is 0 Å². The topological polar surface area (TPSA) is 9.23 Å². The Labute approximate surface area is 185 Å². The van der Waals surface area contributed by atoms with E-state index in [-0.39, 0.29) is 0 Å². The summed E-state index contributed by atoms with van der Waals surface area (Å²) in [5, 5.41) is 15.5. The maximum Gasteiger partial charge on any atom is 0.119 e. The minimum absolute atomic E-state index is 0.885. The highest BCUT2D eigenvalue weighted by molar-refractivity contribution is 6.42. The normalized spacial score (nSPS) is 11.9. The molecule has 7 aromatic rings. The molecular weight excluding hydrogens is 388 g/mol. The van der Waals surface area contributed by atoms with Gasteiger partial charge in [-0.15, -0.1) is 0 Å². The Balaban J connectivity index is 1.96. The zero-order valence-electron chi connectivity index (χ0n) is 17.7. The van der Waals surface area contributed by atoms with E-state index in [1.807, 2.05) is 0 Å². The van der Waals surface area contributed by atoms with Crippen molar-refractivity contribution in [2.75, 3.05) is 7.11 Å². The summed E-state index contributed by atoms with van der Waals surface area (Å²) in [4.78, 5) is 0. The highest BCUT2D eigenvalue weighted by Gasteiger charge is 2.17. The Bertz CT molecular complexity index is 1860. The smallest absolute Gasteiger partial charge is 0.119 e. The Morgan fingerprint density at radius 1 is 0.406 bits per heavy atom. The van der Waals surface area contributed by atoms with Crippen LogP contribution in [0.4, 0.5) is 0 Å². The molecule has 0 atom stereocenters. The molecule has 1 nitrogen and oxygen atoms in total. The highest BCUT2D eigenvalue weighted by atomic mass is 16.5. The highest BCUT2D eigenvalue weighted by Crippen LogP contribution is 2.46. The molecule has 0 aliphatic rings. The van der Waals surface area contributed by atoms with Gasteiger partial charge in [0.05, 0.1) is 7.11 Å². The summed E-state index contributed by atoms with van der Waals surface area (Å²) in [6, 6.07) is 37.4. The average Bonchev–Trinajstić information content (AvgIpc) is 2.87. The zero-order chi connectivity index (χ0) is 21.2. The van der Waals surface area contributed by atoms with Gasteiger partial charge in [0.25, 0.3) is 0 Å². The van der Waals surface area contributed by atoms with Crippen molar-refractivity contribution in [1.82, 2.24) is 0 Å². The van der Waals surface area contributed by atoms with Gasteiger partial charge in [-0.2, -0.15) is 0 Å². The van der Waals surface area contributed by atoms with Gasteiger partial charge in [-0.3, -0.25) is 0 Å². The second kappa shape index (κ2) is 6.45. The molecule has 0 aliphatic heterocycles. The van der Waals surface area contributed by atoms with Gasteiger partial charge in [0.2, 0.25) is 0 Å². The molecule has 0 unspecified atom stereocenters. The number of methoxy groups -OCH3 is 1. The van der Waals surface area contributed by atoms with Crippen LogP contribution in [0.1, 0.15) is 0 Å². The molecule has 32 heavy (non-hydrogen) atoms. The lowest BCUT2D eigenvalue weighted by Crippen LogP contribution is -1.90. The molecule has 0 fully saturated rings. The Morgan fingerprint density at radius 3 is 1.66 bits per heavy atom. The quantitative estimate of drug-likeness (QED) is 0.247. The van der Waals surface area contributed by atoms with Crippen molar-refractivity contribution >= 4 is 64.6 Å². The predicted molar refractivity (Wildman–Crippen MR) is 138 cm³/mol. The van der Waals surface area contributed by atoms with Crippen LogP contribution in [-0.2, 0) is 0 Å². The fourth-order valence-electron chi connectivity index (χ4n) is 5.54. The number of hydrogen-bond donors (Lipinski definition) is 0. The van der Waals surface area contributed by atoms with E-state index in [2.05, 4.69) is 103 Å². The fourth-order valence-corrected chi connectivity index (χ4v) is 5.54. The largest absolute Gasteiger partial charge is 0.497 e. The van der Waals surface area contributed by atoms with Crippen molar-refractivity contribution < 1.29 is 4.74 Å². The molecule has 0 aromatic heterocycles. The summed E-state index contributed by atoms with van der Waals surface area (Å²) in [5.41, 5.74) is 0. The molecule has 0 N–H and O–H groups in total. The molecule has 0 radical (unpaired) electrons. The van der Waals surface area contributed by atoms with Crippen LogP contribution >= 0.6 is 0 Å². The summed E-state index contributed by atoms with van der Waals surface area (Å²) < 4.78 is 5.65. The molecule has 0 aliphatic carbocycles. The van der Waals surface area contributed by atoms with Crippen LogP contribution in [-0.4, -0.2) is 7.11 Å². The minimum atomic E-state index is 0.885. The minimum Gasteiger partial charge on any atom is -0.497 e. The lowest BCUT2D eigenvalue weighted by molar-refractivity contribution is 0.415. The average molecular weight is 409 g/mol. The predicted octanol–water partition coefficient (Wildman–Crippen LogP) is 8.61. The number of fused-ring (bicyclic) bond motifs is 13. The molecule has 150 valence electrons. The van der Waals surface area contributed by atoms with Crippen molar-refractivity contribution in [2.24, 2.45) is 0 Å². The number of hydrogen-bond acceptors (Lipinski definition) is 1. The summed E-state index contributed by atoms with van der Waals surface area (Å²) in [5.74, 6) is 0.885. The molecule has 0 spiro atoms. The van der Waals surface area contributed by atoms with Crippen LogP contribution in [0.2, 0.25) is 0 Å². The number of ether oxygens (including phenoxy) is 1. The first-order valence-corrected chi connectivity index (χ1v) is 11.0. The maximum absolute atomic E-state index is 5.65. The van der Waals surface area contributed by atoms with Crippen LogP contribution < -0.4 is 4.74 Å². The molecule has 0 bridgehead atoms. The summed E-state index contributed by atoms with van der Waals surface area (Å²) in [6.07, 6.45) is 0. The fraction of sp³-hybridized carbons (Fsp3) is 0.0323. The van der Waals surface area contributed by atoms with Gasteiger partial charge in [0.1, 0.15) is 5.75 Å². The van der Waals surface area contributed by atoms with Crippen molar-refractivity contribution in [3.05, 3.63) is 103 Å². The van der Waals surface area contributed by atoms with Crippen molar-refractivity contribution in [3.63, 3.8) is 0 Å². The molecule has 0 saturated carbocycles. The van der Waals surface area contributed by atoms with Gasteiger partial charge in [0.15, 0.2) is 0 Å². The second-order valence-corrected chi connectivity index (χ2v) is 8.46. The SMILES string of the molecule is COc1ccc2c3ccccc3c3c4c5ccccc5ccc4c4ccccc4c3c2c1. The third-order valence-corrected chi connectivity index (χ3v) is 6.90. The van der Waals surface area contributed by atoms with Gasteiger partial charge in [-0.05, 0) is 76.8 Å². The van der Waals surface area contributed by atoms with Crippen molar-refractivity contribution in [1.29, 1.82) is 0 Å². The molecule has 0 amide bonds. The van der Waals surface area contributed by atoms with Gasteiger partial charge >= 0.3 is 0 Å². The lowest BCUT2D eigenvalue weighted by atomic mass is 9.85. The van der Waals surface area contributed by atoms with Crippen LogP contribution in [0.25, 0.3) is 64.6 Å². The summed E-state index contributed by atoms with van der Waals surface area (Å²) in [6.45, 7) is 0. The number of benzene rings is 7. The lowest BCUT2D eigenvalue weighted by Gasteiger charge is -2.18. The van der Waals surface area contributed by atoms with E-state index in [0.29, 0.717) is 0 Å². The van der Waals surface area contributed by atoms with Crippen LogP contribution in [0.15, 0.2) is 103 Å². The Kier molecular flexibility index (Phi) is 3.54. The van der Waals surface area contributed by atoms with Crippen LogP contribution in [0.5, 0.6) is 5.75 Å². The van der Waals surface area contributed by atoms with E-state index in [0.717, 1.165) is 5.75 Å². The third-order valence-electron chi connectivity index (χ3n) is 6.90. The summed E-state index contributed by atoms with van der Waals surface area (Å²) in [7, 11) is 1.74. The Morgan fingerprint density at radius 2 is 0.906 bits per heavy atom. The van der Waals surface area contributed by atoms with Gasteiger partial charge in [-0.1, -0.05) is 91.0 Å². The van der Waals surface area contributed by atoms with Crippen molar-refractivity contribution in [3.8, 4) is 5.75 Å². The van der Waals surface area contributed by atoms with E-state index < -0.39 is 0 Å². The van der Waals surface area contributed by atoms with Gasteiger partial charge < -0.3 is 4.74 Å². The van der Waals surface area contributed by atoms with Gasteiger partial charge in [-0.25, -0.2) is 0 Å². The first-order valence-electron chi connectivity index (χ1n) is 11.0. The molecule has 1 heteroatoms. The van der Waals surface area contributed by atoms with Gasteiger partial charge in [0, 0.05) is 0 Å². The molecule has 0 heterocycles. The molecule has 0 saturated heterocycles. The van der Waals surface area contributed by atoms with E-state index >= 15 is 0 Å². The molecular formula is C31H20O. The van der Waals surface area contributed by atoms with Crippen LogP contribution in [0.3, 0.4) is 0 Å². The Hall–Kier alpha value is -4.10. The third kappa shape index (κ3) is 2.23. The van der Waals surface area contributed by atoms with E-state index in [1.165, 1.54) is 64.6 Å². The zero-order valence-corrected chi connectivity index (χ0v) is 17.7. The van der Waals surface area contributed by atoms with E-state index in [1.54, 1.807) is 7.11 Å². The standard InChI is InChI=1S/C31H20O/c1-32-20-15-17-24-22-10-4-7-13-26(22)31-29-21-9-3-2-8-19(21)14-16-27(29)23-11-5-6-12-25(23)30(31)28(24)18-20/h2-18H,1H3. The van der Waals surface area contributed by atoms with E-state index in [4.69, 9.17) is 4.74 Å². The summed E-state index contributed by atoms with van der Waals surface area (Å²) >= 11 is 0.